The molecule has 0 aromatic heterocycles. The lowest BCUT2D eigenvalue weighted by molar-refractivity contribution is -0.165. The summed E-state index contributed by atoms with van der Waals surface area (Å²) in [5.41, 5.74) is 0.332. The zero-order valence-electron chi connectivity index (χ0n) is 10.6. The number of hydrogen-bond donors (Lipinski definition) is 1. The van der Waals surface area contributed by atoms with E-state index in [1.165, 1.54) is 13.3 Å². The van der Waals surface area contributed by atoms with Crippen LogP contribution in [0.5, 0.6) is 0 Å². The van der Waals surface area contributed by atoms with Gasteiger partial charge in [-0.25, -0.2) is 4.79 Å². The summed E-state index contributed by atoms with van der Waals surface area (Å²) in [5, 5.41) is 9.19. The third kappa shape index (κ3) is 1.41. The molecule has 2 fully saturated rings. The second-order valence-electron chi connectivity index (χ2n) is 6.21. The second kappa shape index (κ2) is 3.46. The van der Waals surface area contributed by atoms with Crippen LogP contribution in [-0.2, 0) is 9.53 Å². The third-order valence-corrected chi connectivity index (χ3v) is 5.31. The maximum absolute atomic E-state index is 11.5. The molecule has 1 N–H and O–H groups in total. The van der Waals surface area contributed by atoms with Gasteiger partial charge in [-0.05, 0) is 37.5 Å². The number of carbonyl (C=O) groups excluding carboxylic acids is 1. The Bertz CT molecular complexity index is 308. The van der Waals surface area contributed by atoms with Crippen LogP contribution in [-0.4, -0.2) is 23.3 Å². The van der Waals surface area contributed by atoms with E-state index in [4.69, 9.17) is 4.74 Å². The highest BCUT2D eigenvalue weighted by atomic mass is 16.6. The van der Waals surface area contributed by atoms with E-state index in [0.717, 1.165) is 12.8 Å². The molecule has 2 saturated carbocycles. The first-order valence-corrected chi connectivity index (χ1v) is 6.17. The summed E-state index contributed by atoms with van der Waals surface area (Å²) < 4.78 is 5.46. The largest absolute Gasteiger partial charge is 0.460 e. The summed E-state index contributed by atoms with van der Waals surface area (Å²) in [6.45, 7) is 8.24. The molecule has 3 heteroatoms. The average molecular weight is 226 g/mol. The number of carbonyl (C=O) groups is 1. The van der Waals surface area contributed by atoms with Crippen LogP contribution in [0.3, 0.4) is 0 Å². The Hall–Kier alpha value is -0.570. The van der Waals surface area contributed by atoms with E-state index in [0.29, 0.717) is 5.92 Å². The Morgan fingerprint density at radius 3 is 2.44 bits per heavy atom. The maximum Gasteiger partial charge on any atom is 0.334 e. The molecule has 16 heavy (non-hydrogen) atoms. The Balaban J connectivity index is 2.13. The van der Waals surface area contributed by atoms with Gasteiger partial charge in [0.2, 0.25) is 0 Å². The molecule has 0 heterocycles. The van der Waals surface area contributed by atoms with E-state index in [-0.39, 0.29) is 16.9 Å². The van der Waals surface area contributed by atoms with E-state index >= 15 is 0 Å². The van der Waals surface area contributed by atoms with Crippen molar-refractivity contribution in [2.75, 3.05) is 0 Å². The molecule has 1 unspecified atom stereocenters. The highest BCUT2D eigenvalue weighted by molar-refractivity contribution is 5.74. The number of fused-ring (bicyclic) bond motifs is 2. The summed E-state index contributed by atoms with van der Waals surface area (Å²) >= 11 is 0. The van der Waals surface area contributed by atoms with E-state index in [1.807, 2.05) is 0 Å². The van der Waals surface area contributed by atoms with Crippen molar-refractivity contribution in [3.63, 3.8) is 0 Å². The van der Waals surface area contributed by atoms with Crippen molar-refractivity contribution < 1.29 is 14.6 Å². The normalized spacial score (nSPS) is 42.1. The lowest BCUT2D eigenvalue weighted by Crippen LogP contribution is -2.39. The summed E-state index contributed by atoms with van der Waals surface area (Å²) in [5.74, 6) is 0.180. The quantitative estimate of drug-likeness (QED) is 0.734. The molecule has 0 aliphatic heterocycles. The zero-order chi connectivity index (χ0) is 12.1. The van der Waals surface area contributed by atoms with Gasteiger partial charge in [0, 0.05) is 5.41 Å². The van der Waals surface area contributed by atoms with E-state index in [1.54, 1.807) is 0 Å². The molecule has 0 aromatic rings. The molecule has 0 saturated heterocycles. The van der Waals surface area contributed by atoms with Crippen molar-refractivity contribution >= 4 is 5.97 Å². The van der Waals surface area contributed by atoms with Crippen LogP contribution >= 0.6 is 0 Å². The monoisotopic (exact) mass is 226 g/mol. The molecule has 0 amide bonds. The topological polar surface area (TPSA) is 46.5 Å². The third-order valence-electron chi connectivity index (χ3n) is 5.31. The van der Waals surface area contributed by atoms with Crippen molar-refractivity contribution in [2.24, 2.45) is 16.7 Å². The van der Waals surface area contributed by atoms with Crippen LogP contribution in [0.4, 0.5) is 0 Å². The SMILES string of the molecule is CC(O)C(=O)O[C@H]1C[C@H]2CC[C@@]1(C)C2(C)C. The molecule has 2 bridgehead atoms. The molecule has 0 spiro atoms. The standard InChI is InChI=1S/C13H22O3/c1-8(14)11(15)16-10-7-9-5-6-13(10,4)12(9,2)3/h8-10,14H,5-7H2,1-4H3/t8?,9-,10+,13-/m1/s1. The molecular weight excluding hydrogens is 204 g/mol. The predicted octanol–water partition coefficient (Wildman–Crippen LogP) is 2.13. The number of hydrogen-bond acceptors (Lipinski definition) is 3. The van der Waals surface area contributed by atoms with Crippen molar-refractivity contribution in [1.29, 1.82) is 0 Å². The highest BCUT2D eigenvalue weighted by Gasteiger charge is 2.62. The van der Waals surface area contributed by atoms with Gasteiger partial charge in [-0.15, -0.1) is 0 Å². The molecule has 3 nitrogen and oxygen atoms in total. The summed E-state index contributed by atoms with van der Waals surface area (Å²) in [6.07, 6.45) is 2.31. The number of esters is 1. The molecule has 4 atom stereocenters. The Morgan fingerprint density at radius 2 is 2.06 bits per heavy atom. The summed E-state index contributed by atoms with van der Waals surface area (Å²) in [6, 6.07) is 0. The average Bonchev–Trinajstić information content (AvgIpc) is 2.50. The highest BCUT2D eigenvalue weighted by Crippen LogP contribution is 2.66. The summed E-state index contributed by atoms with van der Waals surface area (Å²) in [7, 11) is 0. The molecule has 0 aromatic carbocycles. The molecule has 2 aliphatic rings. The van der Waals surface area contributed by atoms with Crippen LogP contribution in [0.2, 0.25) is 0 Å². The first-order valence-electron chi connectivity index (χ1n) is 6.17. The van der Waals surface area contributed by atoms with Gasteiger partial charge in [-0.1, -0.05) is 20.8 Å². The van der Waals surface area contributed by atoms with Crippen LogP contribution < -0.4 is 0 Å². The lowest BCUT2D eigenvalue weighted by Gasteiger charge is -2.38. The van der Waals surface area contributed by atoms with E-state index in [2.05, 4.69) is 20.8 Å². The first kappa shape index (κ1) is 11.9. The van der Waals surface area contributed by atoms with Crippen molar-refractivity contribution in [1.82, 2.24) is 0 Å². The fourth-order valence-electron chi connectivity index (χ4n) is 3.55. The van der Waals surface area contributed by atoms with Gasteiger partial charge < -0.3 is 9.84 Å². The number of rotatable bonds is 2. The second-order valence-corrected chi connectivity index (χ2v) is 6.21. The molecular formula is C13H22O3. The number of aliphatic hydroxyl groups excluding tert-OH is 1. The van der Waals surface area contributed by atoms with Crippen molar-refractivity contribution in [2.45, 2.75) is 59.2 Å². The Kier molecular flexibility index (Phi) is 2.57. The lowest BCUT2D eigenvalue weighted by atomic mass is 9.70. The summed E-state index contributed by atoms with van der Waals surface area (Å²) in [4.78, 5) is 11.5. The van der Waals surface area contributed by atoms with Gasteiger partial charge in [-0.2, -0.15) is 0 Å². The minimum absolute atomic E-state index is 0.0108. The fraction of sp³-hybridized carbons (Fsp3) is 0.923. The van der Waals surface area contributed by atoms with Crippen molar-refractivity contribution in [3.05, 3.63) is 0 Å². The minimum atomic E-state index is -1.01. The van der Waals surface area contributed by atoms with Gasteiger partial charge in [0.05, 0.1) is 0 Å². The van der Waals surface area contributed by atoms with Gasteiger partial charge in [0.15, 0.2) is 0 Å². The Morgan fingerprint density at radius 1 is 1.44 bits per heavy atom. The van der Waals surface area contributed by atoms with Crippen molar-refractivity contribution in [3.8, 4) is 0 Å². The number of aliphatic hydroxyl groups is 1. The smallest absolute Gasteiger partial charge is 0.334 e. The Labute approximate surface area is 97.2 Å². The first-order chi connectivity index (χ1) is 7.29. The molecule has 92 valence electrons. The molecule has 2 rings (SSSR count). The maximum atomic E-state index is 11.5. The molecule has 0 radical (unpaired) electrons. The minimum Gasteiger partial charge on any atom is -0.460 e. The van der Waals surface area contributed by atoms with Gasteiger partial charge in [-0.3, -0.25) is 0 Å². The van der Waals surface area contributed by atoms with Crippen LogP contribution in [0.25, 0.3) is 0 Å². The van der Waals surface area contributed by atoms with Crippen LogP contribution in [0.1, 0.15) is 47.0 Å². The fourth-order valence-corrected chi connectivity index (χ4v) is 3.55. The van der Waals surface area contributed by atoms with E-state index in [9.17, 15) is 9.90 Å². The number of ether oxygens (including phenoxy) is 1. The van der Waals surface area contributed by atoms with Gasteiger partial charge in [0.25, 0.3) is 0 Å². The molecule has 2 aliphatic carbocycles. The van der Waals surface area contributed by atoms with Crippen LogP contribution in [0, 0.1) is 16.7 Å². The zero-order valence-corrected chi connectivity index (χ0v) is 10.6. The van der Waals surface area contributed by atoms with E-state index < -0.39 is 12.1 Å². The predicted molar refractivity (Wildman–Crippen MR) is 60.8 cm³/mol. The van der Waals surface area contributed by atoms with Gasteiger partial charge >= 0.3 is 5.97 Å². The van der Waals surface area contributed by atoms with Gasteiger partial charge in [0.1, 0.15) is 12.2 Å². The van der Waals surface area contributed by atoms with Crippen LogP contribution in [0.15, 0.2) is 0 Å².